The summed E-state index contributed by atoms with van der Waals surface area (Å²) in [6, 6.07) is 14.5. The number of ether oxygens (including phenoxy) is 1. The second-order valence-corrected chi connectivity index (χ2v) is 6.46. The summed E-state index contributed by atoms with van der Waals surface area (Å²) in [6.07, 6.45) is 1.90. The van der Waals surface area contributed by atoms with Crippen molar-refractivity contribution in [2.75, 3.05) is 11.9 Å². The van der Waals surface area contributed by atoms with Crippen molar-refractivity contribution in [3.05, 3.63) is 59.7 Å². The van der Waals surface area contributed by atoms with Gasteiger partial charge in [0.2, 0.25) is 0 Å². The van der Waals surface area contributed by atoms with E-state index < -0.39 is 6.10 Å². The number of rotatable bonds is 9. The van der Waals surface area contributed by atoms with Gasteiger partial charge in [0, 0.05) is 17.8 Å². The molecule has 5 nitrogen and oxygen atoms in total. The van der Waals surface area contributed by atoms with Gasteiger partial charge in [-0.3, -0.25) is 9.59 Å². The zero-order valence-electron chi connectivity index (χ0n) is 16.2. The monoisotopic (exact) mass is 368 g/mol. The largest absolute Gasteiger partial charge is 0.480 e. The number of hydrogen-bond donors (Lipinski definition) is 2. The van der Waals surface area contributed by atoms with Gasteiger partial charge in [-0.15, -0.1) is 0 Å². The topological polar surface area (TPSA) is 67.4 Å². The highest BCUT2D eigenvalue weighted by Gasteiger charge is 2.19. The van der Waals surface area contributed by atoms with E-state index in [1.807, 2.05) is 38.1 Å². The number of carbonyl (C=O) groups is 2. The van der Waals surface area contributed by atoms with Gasteiger partial charge in [0.1, 0.15) is 5.75 Å². The standard InChI is InChI=1S/C22H28N2O3/c1-4-6-14-23-21(25)17-11-9-12-18(15-17)24-22(26)19(5-2)27-20-13-8-7-10-16(20)3/h7-13,15,19H,4-6,14H2,1-3H3,(H,23,25)(H,24,26). The molecule has 27 heavy (non-hydrogen) atoms. The van der Waals surface area contributed by atoms with Crippen molar-refractivity contribution in [2.24, 2.45) is 0 Å². The molecule has 1 atom stereocenters. The van der Waals surface area contributed by atoms with E-state index in [4.69, 9.17) is 4.74 Å². The van der Waals surface area contributed by atoms with E-state index in [0.717, 1.165) is 18.4 Å². The third kappa shape index (κ3) is 6.13. The van der Waals surface area contributed by atoms with E-state index in [9.17, 15) is 9.59 Å². The zero-order valence-corrected chi connectivity index (χ0v) is 16.2. The summed E-state index contributed by atoms with van der Waals surface area (Å²) in [5.74, 6) is 0.329. The molecule has 2 amide bonds. The van der Waals surface area contributed by atoms with Crippen LogP contribution in [0.15, 0.2) is 48.5 Å². The fourth-order valence-electron chi connectivity index (χ4n) is 2.61. The first-order chi connectivity index (χ1) is 13.0. The Morgan fingerprint density at radius 1 is 1.07 bits per heavy atom. The quantitative estimate of drug-likeness (QED) is 0.648. The second-order valence-electron chi connectivity index (χ2n) is 6.46. The Hall–Kier alpha value is -2.82. The van der Waals surface area contributed by atoms with Crippen molar-refractivity contribution in [1.82, 2.24) is 5.32 Å². The lowest BCUT2D eigenvalue weighted by atomic mass is 10.1. The highest BCUT2D eigenvalue weighted by molar-refractivity contribution is 5.98. The molecule has 0 fully saturated rings. The van der Waals surface area contributed by atoms with Gasteiger partial charge in [-0.1, -0.05) is 44.5 Å². The van der Waals surface area contributed by atoms with Gasteiger partial charge in [0.05, 0.1) is 0 Å². The smallest absolute Gasteiger partial charge is 0.265 e. The van der Waals surface area contributed by atoms with E-state index >= 15 is 0 Å². The normalized spacial score (nSPS) is 11.5. The van der Waals surface area contributed by atoms with Gasteiger partial charge in [-0.05, 0) is 49.6 Å². The summed E-state index contributed by atoms with van der Waals surface area (Å²) in [5, 5.41) is 5.73. The molecule has 2 N–H and O–H groups in total. The van der Waals surface area contributed by atoms with Gasteiger partial charge < -0.3 is 15.4 Å². The number of amides is 2. The maximum Gasteiger partial charge on any atom is 0.265 e. The Morgan fingerprint density at radius 2 is 1.85 bits per heavy atom. The lowest BCUT2D eigenvalue weighted by molar-refractivity contribution is -0.122. The summed E-state index contributed by atoms with van der Waals surface area (Å²) >= 11 is 0. The molecule has 5 heteroatoms. The molecule has 0 bridgehead atoms. The molecule has 0 heterocycles. The molecule has 0 saturated heterocycles. The maximum atomic E-state index is 12.6. The minimum atomic E-state index is -0.604. The Kier molecular flexibility index (Phi) is 7.86. The van der Waals surface area contributed by atoms with Crippen LogP contribution in [0.2, 0.25) is 0 Å². The number of para-hydroxylation sites is 1. The fraction of sp³-hybridized carbons (Fsp3) is 0.364. The van der Waals surface area contributed by atoms with Crippen molar-refractivity contribution < 1.29 is 14.3 Å². The van der Waals surface area contributed by atoms with E-state index in [0.29, 0.717) is 30.0 Å². The molecule has 0 aliphatic heterocycles. The van der Waals surface area contributed by atoms with Crippen molar-refractivity contribution in [3.8, 4) is 5.75 Å². The Balaban J connectivity index is 2.02. The first kappa shape index (κ1) is 20.5. The molecule has 0 aliphatic carbocycles. The number of unbranched alkanes of at least 4 members (excludes halogenated alkanes) is 1. The molecule has 0 spiro atoms. The molecule has 0 radical (unpaired) electrons. The van der Waals surface area contributed by atoms with Crippen LogP contribution in [0.25, 0.3) is 0 Å². The summed E-state index contributed by atoms with van der Waals surface area (Å²) in [4.78, 5) is 24.8. The van der Waals surface area contributed by atoms with E-state index in [1.165, 1.54) is 0 Å². The van der Waals surface area contributed by atoms with Gasteiger partial charge in [0.15, 0.2) is 6.10 Å². The molecule has 2 rings (SSSR count). The third-order valence-electron chi connectivity index (χ3n) is 4.23. The van der Waals surface area contributed by atoms with Crippen molar-refractivity contribution in [2.45, 2.75) is 46.1 Å². The number of hydrogen-bond acceptors (Lipinski definition) is 3. The molecule has 2 aromatic rings. The molecule has 2 aromatic carbocycles. The van der Waals surface area contributed by atoms with E-state index in [-0.39, 0.29) is 11.8 Å². The van der Waals surface area contributed by atoms with Crippen LogP contribution in [0.1, 0.15) is 49.0 Å². The average molecular weight is 368 g/mol. The maximum absolute atomic E-state index is 12.6. The summed E-state index contributed by atoms with van der Waals surface area (Å²) in [6.45, 7) is 6.57. The molecular weight excluding hydrogens is 340 g/mol. The Morgan fingerprint density at radius 3 is 2.56 bits per heavy atom. The lowest BCUT2D eigenvalue weighted by Gasteiger charge is -2.18. The summed E-state index contributed by atoms with van der Waals surface area (Å²) in [7, 11) is 0. The molecule has 0 aliphatic rings. The average Bonchev–Trinajstić information content (AvgIpc) is 2.67. The van der Waals surface area contributed by atoms with Crippen molar-refractivity contribution in [3.63, 3.8) is 0 Å². The number of benzene rings is 2. The summed E-state index contributed by atoms with van der Waals surface area (Å²) < 4.78 is 5.88. The van der Waals surface area contributed by atoms with Crippen LogP contribution in [0, 0.1) is 6.92 Å². The van der Waals surface area contributed by atoms with Crippen LogP contribution in [-0.2, 0) is 4.79 Å². The molecular formula is C22H28N2O3. The van der Waals surface area contributed by atoms with E-state index in [2.05, 4.69) is 17.6 Å². The zero-order chi connectivity index (χ0) is 19.6. The number of anilines is 1. The van der Waals surface area contributed by atoms with Crippen LogP contribution < -0.4 is 15.4 Å². The van der Waals surface area contributed by atoms with Crippen LogP contribution in [-0.4, -0.2) is 24.5 Å². The molecule has 1 unspecified atom stereocenters. The number of carbonyl (C=O) groups excluding carboxylic acids is 2. The van der Waals surface area contributed by atoms with Crippen LogP contribution in [0.4, 0.5) is 5.69 Å². The van der Waals surface area contributed by atoms with Crippen LogP contribution >= 0.6 is 0 Å². The predicted octanol–water partition coefficient (Wildman–Crippen LogP) is 4.32. The first-order valence-corrected chi connectivity index (χ1v) is 9.46. The number of nitrogens with one attached hydrogen (secondary N) is 2. The highest BCUT2D eigenvalue weighted by atomic mass is 16.5. The predicted molar refractivity (Wildman–Crippen MR) is 108 cm³/mol. The minimum absolute atomic E-state index is 0.136. The minimum Gasteiger partial charge on any atom is -0.480 e. The molecule has 0 saturated carbocycles. The fourth-order valence-corrected chi connectivity index (χ4v) is 2.61. The first-order valence-electron chi connectivity index (χ1n) is 9.46. The SMILES string of the molecule is CCCCNC(=O)c1cccc(NC(=O)C(CC)Oc2ccccc2C)c1. The van der Waals surface area contributed by atoms with E-state index in [1.54, 1.807) is 24.3 Å². The van der Waals surface area contributed by atoms with Crippen molar-refractivity contribution >= 4 is 17.5 Å². The second kappa shape index (κ2) is 10.4. The molecule has 144 valence electrons. The molecule has 0 aromatic heterocycles. The van der Waals surface area contributed by atoms with Crippen molar-refractivity contribution in [1.29, 1.82) is 0 Å². The third-order valence-corrected chi connectivity index (χ3v) is 4.23. The Bertz CT molecular complexity index is 774. The van der Waals surface area contributed by atoms with Crippen LogP contribution in [0.5, 0.6) is 5.75 Å². The summed E-state index contributed by atoms with van der Waals surface area (Å²) in [5.41, 5.74) is 2.08. The lowest BCUT2D eigenvalue weighted by Crippen LogP contribution is -2.32. The van der Waals surface area contributed by atoms with Gasteiger partial charge >= 0.3 is 0 Å². The highest BCUT2D eigenvalue weighted by Crippen LogP contribution is 2.20. The Labute approximate surface area is 161 Å². The van der Waals surface area contributed by atoms with Gasteiger partial charge in [-0.25, -0.2) is 0 Å². The van der Waals surface area contributed by atoms with Crippen LogP contribution in [0.3, 0.4) is 0 Å². The van der Waals surface area contributed by atoms with Gasteiger partial charge in [0.25, 0.3) is 11.8 Å². The van der Waals surface area contributed by atoms with Gasteiger partial charge in [-0.2, -0.15) is 0 Å². The number of aryl methyl sites for hydroxylation is 1.